The number of anilines is 1. The van der Waals surface area contributed by atoms with E-state index in [2.05, 4.69) is 5.32 Å². The molecule has 22 heavy (non-hydrogen) atoms. The topological polar surface area (TPSA) is 75.6 Å². The molecular formula is C17H17NO4. The monoisotopic (exact) mass is 299 g/mol. The number of nitrogens with one attached hydrogen (secondary N) is 1. The van der Waals surface area contributed by atoms with Crippen LogP contribution in [0.3, 0.4) is 0 Å². The quantitative estimate of drug-likeness (QED) is 0.890. The lowest BCUT2D eigenvalue weighted by molar-refractivity contribution is -0.118. The van der Waals surface area contributed by atoms with E-state index in [9.17, 15) is 9.59 Å². The largest absolute Gasteiger partial charge is 0.484 e. The fourth-order valence-corrected chi connectivity index (χ4v) is 1.86. The number of aromatic carboxylic acids is 1. The van der Waals surface area contributed by atoms with E-state index < -0.39 is 5.97 Å². The second kappa shape index (κ2) is 6.76. The maximum Gasteiger partial charge on any atom is 0.335 e. The van der Waals surface area contributed by atoms with Crippen LogP contribution >= 0.6 is 0 Å². The maximum absolute atomic E-state index is 11.8. The van der Waals surface area contributed by atoms with Crippen LogP contribution in [0.5, 0.6) is 5.75 Å². The summed E-state index contributed by atoms with van der Waals surface area (Å²) in [4.78, 5) is 22.6. The molecule has 0 unspecified atom stereocenters. The molecule has 0 fully saturated rings. The van der Waals surface area contributed by atoms with Gasteiger partial charge in [-0.2, -0.15) is 0 Å². The Hall–Kier alpha value is -2.82. The van der Waals surface area contributed by atoms with Crippen LogP contribution in [0.25, 0.3) is 0 Å². The highest BCUT2D eigenvalue weighted by Gasteiger charge is 2.06. The molecule has 0 saturated heterocycles. The molecule has 0 heterocycles. The number of carbonyl (C=O) groups excluding carboxylic acids is 1. The van der Waals surface area contributed by atoms with Gasteiger partial charge < -0.3 is 15.2 Å². The van der Waals surface area contributed by atoms with Crippen LogP contribution in [0.1, 0.15) is 21.5 Å². The minimum Gasteiger partial charge on any atom is -0.484 e. The molecule has 0 atom stereocenters. The van der Waals surface area contributed by atoms with Crippen LogP contribution in [0, 0.1) is 13.8 Å². The molecule has 1 amide bonds. The first-order chi connectivity index (χ1) is 10.5. The highest BCUT2D eigenvalue weighted by Crippen LogP contribution is 2.15. The van der Waals surface area contributed by atoms with E-state index in [1.54, 1.807) is 0 Å². The zero-order valence-corrected chi connectivity index (χ0v) is 12.4. The Balaban J connectivity index is 1.89. The second-order valence-corrected chi connectivity index (χ2v) is 4.97. The molecule has 0 aliphatic carbocycles. The number of carbonyl (C=O) groups is 2. The van der Waals surface area contributed by atoms with Gasteiger partial charge in [-0.3, -0.25) is 4.79 Å². The Kier molecular flexibility index (Phi) is 4.78. The van der Waals surface area contributed by atoms with Gasteiger partial charge in [0.15, 0.2) is 6.61 Å². The number of carboxylic acid groups (broad SMARTS) is 1. The van der Waals surface area contributed by atoms with Gasteiger partial charge in [0, 0.05) is 5.69 Å². The molecule has 2 N–H and O–H groups in total. The van der Waals surface area contributed by atoms with Crippen LogP contribution in [-0.4, -0.2) is 23.6 Å². The van der Waals surface area contributed by atoms with Gasteiger partial charge in [0.25, 0.3) is 5.91 Å². The first-order valence-corrected chi connectivity index (χ1v) is 6.79. The summed E-state index contributed by atoms with van der Waals surface area (Å²) in [5, 5.41) is 11.5. The Bertz CT molecular complexity index is 692. The average Bonchev–Trinajstić information content (AvgIpc) is 2.49. The minimum absolute atomic E-state index is 0.140. The van der Waals surface area contributed by atoms with Crippen LogP contribution in [0.4, 0.5) is 5.69 Å². The smallest absolute Gasteiger partial charge is 0.335 e. The van der Waals surface area contributed by atoms with Gasteiger partial charge in [-0.05, 0) is 61.4 Å². The third kappa shape index (κ3) is 4.09. The van der Waals surface area contributed by atoms with E-state index in [4.69, 9.17) is 9.84 Å². The van der Waals surface area contributed by atoms with Crippen LogP contribution in [0.2, 0.25) is 0 Å². The third-order valence-corrected chi connectivity index (χ3v) is 3.26. The van der Waals surface area contributed by atoms with Gasteiger partial charge in [0.1, 0.15) is 5.75 Å². The molecular weight excluding hydrogens is 282 g/mol. The zero-order chi connectivity index (χ0) is 16.1. The van der Waals surface area contributed by atoms with E-state index >= 15 is 0 Å². The lowest BCUT2D eigenvalue weighted by Gasteiger charge is -2.09. The minimum atomic E-state index is -1.00. The predicted octanol–water partition coefficient (Wildman–Crippen LogP) is 3.02. The number of hydrogen-bond acceptors (Lipinski definition) is 3. The first kappa shape index (κ1) is 15.6. The van der Waals surface area contributed by atoms with E-state index in [0.29, 0.717) is 5.75 Å². The van der Waals surface area contributed by atoms with Gasteiger partial charge in [0.2, 0.25) is 0 Å². The number of hydrogen-bond donors (Lipinski definition) is 2. The lowest BCUT2D eigenvalue weighted by atomic mass is 10.1. The highest BCUT2D eigenvalue weighted by atomic mass is 16.5. The number of benzene rings is 2. The number of rotatable bonds is 5. The van der Waals surface area contributed by atoms with E-state index in [-0.39, 0.29) is 18.1 Å². The summed E-state index contributed by atoms with van der Waals surface area (Å²) >= 11 is 0. The van der Waals surface area contributed by atoms with Crippen LogP contribution in [0.15, 0.2) is 42.5 Å². The van der Waals surface area contributed by atoms with Crippen LogP contribution in [-0.2, 0) is 4.79 Å². The van der Waals surface area contributed by atoms with Crippen molar-refractivity contribution < 1.29 is 19.4 Å². The summed E-state index contributed by atoms with van der Waals surface area (Å²) in [6.45, 7) is 3.84. The summed E-state index contributed by atoms with van der Waals surface area (Å²) in [5.41, 5.74) is 3.15. The standard InChI is InChI=1S/C17H17NO4/c1-11-3-6-14(9-12(11)2)18-16(19)10-22-15-7-4-13(5-8-15)17(20)21/h3-9H,10H2,1-2H3,(H,18,19)(H,20,21). The number of carboxylic acids is 1. The van der Waals surface area contributed by atoms with Crippen molar-refractivity contribution in [1.29, 1.82) is 0 Å². The highest BCUT2D eigenvalue weighted by molar-refractivity contribution is 5.92. The molecule has 0 aliphatic heterocycles. The Morgan fingerprint density at radius 1 is 1.05 bits per heavy atom. The summed E-state index contributed by atoms with van der Waals surface area (Å²) in [7, 11) is 0. The maximum atomic E-state index is 11.8. The Morgan fingerprint density at radius 3 is 2.32 bits per heavy atom. The van der Waals surface area contributed by atoms with Gasteiger partial charge in [-0.25, -0.2) is 4.79 Å². The molecule has 114 valence electrons. The first-order valence-electron chi connectivity index (χ1n) is 6.79. The summed E-state index contributed by atoms with van der Waals surface area (Å²) in [6, 6.07) is 11.6. The van der Waals surface area contributed by atoms with Crippen molar-refractivity contribution in [2.75, 3.05) is 11.9 Å². The molecule has 5 heteroatoms. The molecule has 0 radical (unpaired) electrons. The molecule has 5 nitrogen and oxygen atoms in total. The average molecular weight is 299 g/mol. The van der Waals surface area contributed by atoms with E-state index in [1.165, 1.54) is 24.3 Å². The number of ether oxygens (including phenoxy) is 1. The van der Waals surface area contributed by atoms with Crippen molar-refractivity contribution in [3.8, 4) is 5.75 Å². The van der Waals surface area contributed by atoms with Gasteiger partial charge >= 0.3 is 5.97 Å². The molecule has 0 aliphatic rings. The fourth-order valence-electron chi connectivity index (χ4n) is 1.86. The van der Waals surface area contributed by atoms with E-state index in [0.717, 1.165) is 16.8 Å². The summed E-state index contributed by atoms with van der Waals surface area (Å²) in [6.07, 6.45) is 0. The number of amides is 1. The van der Waals surface area contributed by atoms with Gasteiger partial charge in [-0.1, -0.05) is 6.07 Å². The van der Waals surface area contributed by atoms with Crippen molar-refractivity contribution in [2.24, 2.45) is 0 Å². The molecule has 0 spiro atoms. The van der Waals surface area contributed by atoms with Crippen molar-refractivity contribution in [3.63, 3.8) is 0 Å². The van der Waals surface area contributed by atoms with Crippen molar-refractivity contribution in [2.45, 2.75) is 13.8 Å². The summed E-state index contributed by atoms with van der Waals surface area (Å²) < 4.78 is 5.32. The van der Waals surface area contributed by atoms with Crippen molar-refractivity contribution in [3.05, 3.63) is 59.2 Å². The second-order valence-electron chi connectivity index (χ2n) is 4.97. The third-order valence-electron chi connectivity index (χ3n) is 3.26. The van der Waals surface area contributed by atoms with Gasteiger partial charge in [-0.15, -0.1) is 0 Å². The Morgan fingerprint density at radius 2 is 1.73 bits per heavy atom. The predicted molar refractivity (Wildman–Crippen MR) is 83.4 cm³/mol. The Labute approximate surface area is 128 Å². The number of aryl methyl sites for hydroxylation is 2. The SMILES string of the molecule is Cc1ccc(NC(=O)COc2ccc(C(=O)O)cc2)cc1C. The molecule has 0 aromatic heterocycles. The molecule has 0 saturated carbocycles. The lowest BCUT2D eigenvalue weighted by Crippen LogP contribution is -2.20. The fraction of sp³-hybridized carbons (Fsp3) is 0.176. The molecule has 2 aromatic carbocycles. The molecule has 2 rings (SSSR count). The molecule has 0 bridgehead atoms. The van der Waals surface area contributed by atoms with E-state index in [1.807, 2.05) is 32.0 Å². The van der Waals surface area contributed by atoms with Crippen LogP contribution < -0.4 is 10.1 Å². The normalized spacial score (nSPS) is 10.1. The van der Waals surface area contributed by atoms with Crippen molar-refractivity contribution >= 4 is 17.6 Å². The summed E-state index contributed by atoms with van der Waals surface area (Å²) in [5.74, 6) is -0.829. The van der Waals surface area contributed by atoms with Crippen molar-refractivity contribution in [1.82, 2.24) is 0 Å². The zero-order valence-electron chi connectivity index (χ0n) is 12.4. The molecule has 2 aromatic rings. The van der Waals surface area contributed by atoms with Gasteiger partial charge in [0.05, 0.1) is 5.56 Å².